The van der Waals surface area contributed by atoms with Gasteiger partial charge in [-0.3, -0.25) is 14.5 Å². The van der Waals surface area contributed by atoms with Gasteiger partial charge in [-0.2, -0.15) is 0 Å². The standard InChI is InChI=1S/C18H26N4O2.HI/c1-3-19-18(21-13-15-8-5-4-7-14(15)2)20-11-12-22-16(23)9-6-10-17(22)24;/h4-5,7-8H,3,6,9-13H2,1-2H3,(H2,19,20,21);1H. The maximum Gasteiger partial charge on any atom is 0.229 e. The van der Waals surface area contributed by atoms with E-state index >= 15 is 0 Å². The number of nitrogens with zero attached hydrogens (tertiary/aromatic N) is 2. The van der Waals surface area contributed by atoms with Gasteiger partial charge in [0.15, 0.2) is 5.96 Å². The molecule has 1 aromatic rings. The molecule has 0 atom stereocenters. The zero-order chi connectivity index (χ0) is 17.4. The van der Waals surface area contributed by atoms with E-state index in [1.807, 2.05) is 19.1 Å². The van der Waals surface area contributed by atoms with Gasteiger partial charge in [-0.25, -0.2) is 4.99 Å². The Kier molecular flexibility index (Phi) is 9.48. The van der Waals surface area contributed by atoms with Crippen molar-refractivity contribution in [3.8, 4) is 0 Å². The Labute approximate surface area is 166 Å². The Morgan fingerprint density at radius 2 is 1.84 bits per heavy atom. The van der Waals surface area contributed by atoms with Crippen LogP contribution in [0.5, 0.6) is 0 Å². The summed E-state index contributed by atoms with van der Waals surface area (Å²) < 4.78 is 0. The molecule has 138 valence electrons. The normalized spacial score (nSPS) is 15.0. The molecule has 1 heterocycles. The molecular weight excluding hydrogens is 431 g/mol. The van der Waals surface area contributed by atoms with Crippen LogP contribution in [0.2, 0.25) is 0 Å². The Morgan fingerprint density at radius 3 is 2.48 bits per heavy atom. The molecule has 1 aromatic carbocycles. The molecule has 2 rings (SSSR count). The highest BCUT2D eigenvalue weighted by molar-refractivity contribution is 14.0. The summed E-state index contributed by atoms with van der Waals surface area (Å²) in [5.41, 5.74) is 2.39. The van der Waals surface area contributed by atoms with E-state index in [0.29, 0.717) is 44.9 Å². The lowest BCUT2D eigenvalue weighted by Gasteiger charge is -2.25. The summed E-state index contributed by atoms with van der Waals surface area (Å²) >= 11 is 0. The number of carbonyl (C=O) groups is 2. The van der Waals surface area contributed by atoms with E-state index in [2.05, 4.69) is 34.7 Å². The first-order valence-corrected chi connectivity index (χ1v) is 8.51. The van der Waals surface area contributed by atoms with Crippen molar-refractivity contribution >= 4 is 41.8 Å². The van der Waals surface area contributed by atoms with Crippen molar-refractivity contribution in [2.24, 2.45) is 4.99 Å². The van der Waals surface area contributed by atoms with Crippen molar-refractivity contribution in [3.05, 3.63) is 35.4 Å². The van der Waals surface area contributed by atoms with Crippen LogP contribution in [-0.4, -0.2) is 42.3 Å². The van der Waals surface area contributed by atoms with Gasteiger partial charge in [-0.1, -0.05) is 24.3 Å². The number of rotatable bonds is 6. The molecule has 0 aromatic heterocycles. The minimum atomic E-state index is -0.0742. The summed E-state index contributed by atoms with van der Waals surface area (Å²) in [7, 11) is 0. The van der Waals surface area contributed by atoms with Gasteiger partial charge in [-0.15, -0.1) is 24.0 Å². The summed E-state index contributed by atoms with van der Waals surface area (Å²) in [6, 6.07) is 8.15. The van der Waals surface area contributed by atoms with E-state index in [9.17, 15) is 9.59 Å². The lowest BCUT2D eigenvalue weighted by atomic mass is 10.1. The van der Waals surface area contributed by atoms with Gasteiger partial charge >= 0.3 is 0 Å². The third-order valence-corrected chi connectivity index (χ3v) is 4.02. The Balaban J connectivity index is 0.00000312. The first-order chi connectivity index (χ1) is 11.6. The van der Waals surface area contributed by atoms with Crippen LogP contribution in [-0.2, 0) is 16.1 Å². The van der Waals surface area contributed by atoms with Crippen molar-refractivity contribution in [2.45, 2.75) is 39.7 Å². The number of hydrogen-bond acceptors (Lipinski definition) is 3. The second kappa shape index (κ2) is 11.1. The second-order valence-corrected chi connectivity index (χ2v) is 5.84. The predicted octanol–water partition coefficient (Wildman–Crippen LogP) is 2.21. The van der Waals surface area contributed by atoms with Crippen molar-refractivity contribution in [1.29, 1.82) is 0 Å². The molecule has 1 aliphatic rings. The monoisotopic (exact) mass is 458 g/mol. The second-order valence-electron chi connectivity index (χ2n) is 5.84. The average Bonchev–Trinajstić information content (AvgIpc) is 2.56. The average molecular weight is 458 g/mol. The molecular formula is C18H27IN4O2. The Morgan fingerprint density at radius 1 is 1.16 bits per heavy atom. The highest BCUT2D eigenvalue weighted by Gasteiger charge is 2.25. The Hall–Kier alpha value is -1.64. The number of likely N-dealkylation sites (tertiary alicyclic amines) is 1. The van der Waals surface area contributed by atoms with Crippen molar-refractivity contribution < 1.29 is 9.59 Å². The Bertz CT molecular complexity index is 603. The zero-order valence-electron chi connectivity index (χ0n) is 14.9. The van der Waals surface area contributed by atoms with Gasteiger partial charge in [0.2, 0.25) is 11.8 Å². The van der Waals surface area contributed by atoms with Crippen LogP contribution in [0.4, 0.5) is 0 Å². The number of aryl methyl sites for hydroxylation is 1. The number of halogens is 1. The topological polar surface area (TPSA) is 73.8 Å². The van der Waals surface area contributed by atoms with Gasteiger partial charge in [0.25, 0.3) is 0 Å². The number of nitrogens with one attached hydrogen (secondary N) is 2. The van der Waals surface area contributed by atoms with Crippen LogP contribution in [0.15, 0.2) is 29.3 Å². The van der Waals surface area contributed by atoms with Gasteiger partial charge in [0.05, 0.1) is 6.54 Å². The molecule has 0 saturated carbocycles. The molecule has 0 bridgehead atoms. The maximum absolute atomic E-state index is 11.8. The van der Waals surface area contributed by atoms with Gasteiger partial charge in [-0.05, 0) is 31.4 Å². The highest BCUT2D eigenvalue weighted by Crippen LogP contribution is 2.11. The van der Waals surface area contributed by atoms with Crippen LogP contribution in [0.25, 0.3) is 0 Å². The third kappa shape index (κ3) is 6.64. The molecule has 6 nitrogen and oxygen atoms in total. The van der Waals surface area contributed by atoms with E-state index < -0.39 is 0 Å². The van der Waals surface area contributed by atoms with E-state index in [1.54, 1.807) is 0 Å². The molecule has 1 fully saturated rings. The van der Waals surface area contributed by atoms with E-state index in [4.69, 9.17) is 0 Å². The molecule has 7 heteroatoms. The minimum Gasteiger partial charge on any atom is -0.357 e. The molecule has 0 unspecified atom stereocenters. The molecule has 2 N–H and O–H groups in total. The smallest absolute Gasteiger partial charge is 0.229 e. The molecule has 1 aliphatic heterocycles. The predicted molar refractivity (Wildman–Crippen MR) is 110 cm³/mol. The number of carbonyl (C=O) groups excluding carboxylic acids is 2. The molecule has 2 amide bonds. The van der Waals surface area contributed by atoms with Gasteiger partial charge in [0, 0.05) is 32.5 Å². The van der Waals surface area contributed by atoms with Crippen molar-refractivity contribution in [1.82, 2.24) is 15.5 Å². The summed E-state index contributed by atoms with van der Waals surface area (Å²) in [6.07, 6.45) is 1.60. The fourth-order valence-electron chi connectivity index (χ4n) is 2.63. The maximum atomic E-state index is 11.8. The fraction of sp³-hybridized carbons (Fsp3) is 0.500. The zero-order valence-corrected chi connectivity index (χ0v) is 17.2. The number of guanidine groups is 1. The molecule has 0 aliphatic carbocycles. The highest BCUT2D eigenvalue weighted by atomic mass is 127. The quantitative estimate of drug-likeness (QED) is 0.297. The van der Waals surface area contributed by atoms with Crippen LogP contribution in [0, 0.1) is 6.92 Å². The van der Waals surface area contributed by atoms with Crippen LogP contribution in [0.1, 0.15) is 37.3 Å². The largest absolute Gasteiger partial charge is 0.357 e. The van der Waals surface area contributed by atoms with E-state index in [1.165, 1.54) is 16.0 Å². The first-order valence-electron chi connectivity index (χ1n) is 8.51. The number of piperidine rings is 1. The van der Waals surface area contributed by atoms with Crippen LogP contribution >= 0.6 is 24.0 Å². The molecule has 0 spiro atoms. The number of benzene rings is 1. The van der Waals surface area contributed by atoms with E-state index in [0.717, 1.165) is 6.54 Å². The minimum absolute atomic E-state index is 0. The van der Waals surface area contributed by atoms with Crippen LogP contribution in [0.3, 0.4) is 0 Å². The van der Waals surface area contributed by atoms with Crippen LogP contribution < -0.4 is 10.6 Å². The van der Waals surface area contributed by atoms with Crippen molar-refractivity contribution in [2.75, 3.05) is 19.6 Å². The summed E-state index contributed by atoms with van der Waals surface area (Å²) in [6.45, 7) is 6.29. The van der Waals surface area contributed by atoms with Gasteiger partial charge in [0.1, 0.15) is 0 Å². The molecule has 1 saturated heterocycles. The summed E-state index contributed by atoms with van der Waals surface area (Å²) in [5.74, 6) is 0.544. The lowest BCUT2D eigenvalue weighted by Crippen LogP contribution is -2.46. The fourth-order valence-corrected chi connectivity index (χ4v) is 2.63. The summed E-state index contributed by atoms with van der Waals surface area (Å²) in [5, 5.41) is 6.37. The number of aliphatic imine (C=N–C) groups is 1. The SMILES string of the molecule is CCNC(=NCc1ccccc1C)NCCN1C(=O)CCCC1=O.I. The molecule has 0 radical (unpaired) electrons. The number of amides is 2. The van der Waals surface area contributed by atoms with Crippen molar-refractivity contribution in [3.63, 3.8) is 0 Å². The number of imide groups is 1. The van der Waals surface area contributed by atoms with E-state index in [-0.39, 0.29) is 35.8 Å². The van der Waals surface area contributed by atoms with Gasteiger partial charge < -0.3 is 10.6 Å². The lowest BCUT2D eigenvalue weighted by molar-refractivity contribution is -0.147. The first kappa shape index (κ1) is 21.4. The third-order valence-electron chi connectivity index (χ3n) is 4.02. The summed E-state index contributed by atoms with van der Waals surface area (Å²) in [4.78, 5) is 29.5. The number of hydrogen-bond donors (Lipinski definition) is 2. The molecule has 25 heavy (non-hydrogen) atoms.